The molecular formula is C62H89ClN12O25. The molecule has 23 N–H and O–H groups in total. The number of nitrogens with one attached hydrogen (secondary N) is 11. The maximum absolute atomic E-state index is 15.3. The lowest BCUT2D eigenvalue weighted by molar-refractivity contribution is -0.386. The summed E-state index contributed by atoms with van der Waals surface area (Å²) in [5, 5.41) is 173. The van der Waals surface area contributed by atoms with Gasteiger partial charge in [0.15, 0.2) is 30.7 Å². The Morgan fingerprint density at radius 3 is 1.92 bits per heavy atom. The molecule has 1 saturated carbocycles. The van der Waals surface area contributed by atoms with Gasteiger partial charge in [0.05, 0.1) is 45.1 Å². The first-order chi connectivity index (χ1) is 47.8. The van der Waals surface area contributed by atoms with Gasteiger partial charge in [-0.25, -0.2) is 0 Å². The summed E-state index contributed by atoms with van der Waals surface area (Å²) >= 11 is 6.25. The molecule has 8 fully saturated rings. The number of nitrogens with zero attached hydrogens (tertiary/aromatic N) is 1. The van der Waals surface area contributed by atoms with Crippen LogP contribution in [0.1, 0.15) is 62.5 Å². The Kier molecular flexibility index (Phi) is 25.4. The van der Waals surface area contributed by atoms with E-state index >= 15 is 14.4 Å². The molecule has 10 rings (SSSR count). The van der Waals surface area contributed by atoms with E-state index in [0.29, 0.717) is 10.6 Å². The zero-order chi connectivity index (χ0) is 72.0. The topological polar surface area (TPSA) is 569 Å². The number of aliphatic hydroxyl groups excluding tert-OH is 12. The summed E-state index contributed by atoms with van der Waals surface area (Å²) in [6.45, 7) is -2.90. The minimum Gasteiger partial charge on any atom is -0.462 e. The quantitative estimate of drug-likeness (QED) is 0.0659. The highest BCUT2D eigenvalue weighted by molar-refractivity contribution is 6.30. The lowest BCUT2D eigenvalue weighted by Gasteiger charge is -2.49. The average Bonchev–Trinajstić information content (AvgIpc) is 1.06. The summed E-state index contributed by atoms with van der Waals surface area (Å²) in [5.74, 6) is -9.16. The van der Waals surface area contributed by atoms with E-state index in [4.69, 9.17) is 55.6 Å². The predicted molar refractivity (Wildman–Crippen MR) is 339 cm³/mol. The Balaban J connectivity index is 0.921. The van der Waals surface area contributed by atoms with Crippen LogP contribution in [0.15, 0.2) is 48.5 Å². The van der Waals surface area contributed by atoms with Crippen LogP contribution in [0.25, 0.3) is 0 Å². The zero-order valence-electron chi connectivity index (χ0n) is 54.1. The minimum absolute atomic E-state index is 0.00953. The SMILES string of the molecule is CCC(c1ccc(Cl)cc1)C1NC(=O)CNC(=O)C(CO)NC(=O)C(C(O)C2CNC(=N)N2C2OC(CO)C(O)C(O)C2O)NC(=O)C(C(O)C2CNC(=N)N2)NC(=O)C(Cc2ccc(OC3OC(CO)C(OC4OC5COC(C6CCCCC6)OC5C(O)C4O)C(O)C3O)cc2)NC1=O. The summed E-state index contributed by atoms with van der Waals surface area (Å²) in [6, 6.07) is -1.20. The summed E-state index contributed by atoms with van der Waals surface area (Å²) in [4.78, 5) is 88.9. The lowest BCUT2D eigenvalue weighted by Crippen LogP contribution is -2.69. The van der Waals surface area contributed by atoms with E-state index in [1.165, 1.54) is 36.4 Å². The molecule has 2 aromatic rings. The number of carbonyl (C=O) groups is 6. The number of halogens is 1. The van der Waals surface area contributed by atoms with Crippen LogP contribution < -0.4 is 52.6 Å². The van der Waals surface area contributed by atoms with Crippen molar-refractivity contribution in [2.75, 3.05) is 46.1 Å². The van der Waals surface area contributed by atoms with E-state index in [0.717, 1.165) is 37.0 Å². The highest BCUT2D eigenvalue weighted by atomic mass is 35.5. The fourth-order valence-corrected chi connectivity index (χ4v) is 13.9. The number of hydrogen-bond donors (Lipinski definition) is 23. The third-order valence-corrected chi connectivity index (χ3v) is 19.7. The Bertz CT molecular complexity index is 3180. The second-order valence-electron chi connectivity index (χ2n) is 26.0. The first-order valence-electron chi connectivity index (χ1n) is 33.2. The third kappa shape index (κ3) is 16.9. The number of carbonyl (C=O) groups excluding carboxylic acids is 6. The molecule has 554 valence electrons. The van der Waals surface area contributed by atoms with Crippen molar-refractivity contribution in [1.29, 1.82) is 10.8 Å². The maximum atomic E-state index is 15.3. The van der Waals surface area contributed by atoms with E-state index in [-0.39, 0.29) is 42.8 Å². The van der Waals surface area contributed by atoms with Gasteiger partial charge in [0.2, 0.25) is 41.7 Å². The second-order valence-corrected chi connectivity index (χ2v) is 26.5. The Morgan fingerprint density at radius 2 is 1.26 bits per heavy atom. The van der Waals surface area contributed by atoms with Gasteiger partial charge in [-0.3, -0.25) is 39.6 Å². The molecule has 37 nitrogen and oxygen atoms in total. The number of amides is 6. The smallest absolute Gasteiger partial charge is 0.246 e. The van der Waals surface area contributed by atoms with Crippen LogP contribution in [0, 0.1) is 16.7 Å². The normalized spacial score (nSPS) is 37.8. The minimum atomic E-state index is -2.36. The first-order valence-corrected chi connectivity index (χ1v) is 33.5. The van der Waals surface area contributed by atoms with Gasteiger partial charge < -0.3 is 147 Å². The number of ether oxygens (including phenoxy) is 7. The highest BCUT2D eigenvalue weighted by Crippen LogP contribution is 2.38. The molecular weight excluding hydrogens is 1350 g/mol. The molecule has 2 aromatic carbocycles. The molecule has 26 atom stereocenters. The summed E-state index contributed by atoms with van der Waals surface area (Å²) in [7, 11) is 0. The molecule has 0 radical (unpaired) electrons. The van der Waals surface area contributed by atoms with Crippen LogP contribution in [0.3, 0.4) is 0 Å². The first kappa shape index (κ1) is 75.8. The van der Waals surface area contributed by atoms with Gasteiger partial charge in [-0.05, 0) is 54.7 Å². The molecule has 38 heteroatoms. The molecule has 7 saturated heterocycles. The summed E-state index contributed by atoms with van der Waals surface area (Å²) in [5.41, 5.74) is 0.688. The molecule has 6 amide bonds. The van der Waals surface area contributed by atoms with E-state index in [1.54, 1.807) is 19.1 Å². The molecule has 7 aliphatic heterocycles. The molecule has 26 unspecified atom stereocenters. The molecule has 0 spiro atoms. The van der Waals surface area contributed by atoms with Crippen LogP contribution in [0.2, 0.25) is 5.02 Å². The number of aliphatic hydroxyl groups is 12. The van der Waals surface area contributed by atoms with Gasteiger partial charge in [0.1, 0.15) is 121 Å². The van der Waals surface area contributed by atoms with E-state index < -0.39 is 239 Å². The molecule has 7 heterocycles. The molecule has 0 aromatic heterocycles. The highest BCUT2D eigenvalue weighted by Gasteiger charge is 2.56. The van der Waals surface area contributed by atoms with Gasteiger partial charge in [0, 0.05) is 36.4 Å². The van der Waals surface area contributed by atoms with Crippen molar-refractivity contribution in [3.05, 3.63) is 64.7 Å². The summed E-state index contributed by atoms with van der Waals surface area (Å²) in [6.07, 6.45) is -25.1. The van der Waals surface area contributed by atoms with Crippen molar-refractivity contribution >= 4 is 59.0 Å². The predicted octanol–water partition coefficient (Wildman–Crippen LogP) is -9.18. The van der Waals surface area contributed by atoms with E-state index in [9.17, 15) is 75.7 Å². The van der Waals surface area contributed by atoms with Gasteiger partial charge in [-0.15, -0.1) is 0 Å². The van der Waals surface area contributed by atoms with Gasteiger partial charge in [0.25, 0.3) is 0 Å². The Hall–Kier alpha value is -6.83. The number of hydrogen-bond acceptors (Lipinski definition) is 27. The van der Waals surface area contributed by atoms with E-state index in [1.807, 2.05) is 0 Å². The molecule has 0 bridgehead atoms. The van der Waals surface area contributed by atoms with Crippen LogP contribution in [-0.4, -0.2) is 312 Å². The van der Waals surface area contributed by atoms with Crippen LogP contribution in [0.4, 0.5) is 0 Å². The maximum Gasteiger partial charge on any atom is 0.246 e. The number of benzene rings is 2. The van der Waals surface area contributed by atoms with Crippen LogP contribution >= 0.6 is 11.6 Å². The Labute approximate surface area is 576 Å². The van der Waals surface area contributed by atoms with Crippen molar-refractivity contribution < 1.29 is 123 Å². The monoisotopic (exact) mass is 1440 g/mol. The zero-order valence-corrected chi connectivity index (χ0v) is 54.9. The van der Waals surface area contributed by atoms with Crippen LogP contribution in [-0.2, 0) is 63.6 Å². The third-order valence-electron chi connectivity index (χ3n) is 19.4. The standard InChI is InChI=1S/C62H89ClN12O25/c1-2-29(25-10-12-27(63)13-11-25)38-54(91)69-30(16-24-8-14-28(15-9-24)95-59-48(87)45(84)50(35(22-78)97-59)100-60-49(88)46(85)51-36(98-60)23-94-58(99-51)26-6-4-3-5-7-26)53(90)73-39(41(80)31-17-67-61(64)71-31)56(93)74-40(55(92)70-32(20-76)52(89)66-19-37(79)72-38)42(81)33-18-68-62(65)75(33)57-47(86)44(83)43(82)34(21-77)96-57/h8-15,26,29-36,38-51,57-60,76-78,80-88H,2-7,16-23H2,1H3,(H2,65,68)(H,66,89)(H,69,91)(H,70,92)(H,72,79)(H,73,90)(H,74,93)(H3,64,67,71). The largest absolute Gasteiger partial charge is 0.462 e. The van der Waals surface area contributed by atoms with Crippen molar-refractivity contribution in [3.63, 3.8) is 0 Å². The van der Waals surface area contributed by atoms with Gasteiger partial charge >= 0.3 is 0 Å². The molecule has 100 heavy (non-hydrogen) atoms. The molecule has 1 aliphatic carbocycles. The fourth-order valence-electron chi connectivity index (χ4n) is 13.8. The number of guanidine groups is 2. The van der Waals surface area contributed by atoms with Crippen LogP contribution in [0.5, 0.6) is 5.75 Å². The van der Waals surface area contributed by atoms with Crippen molar-refractivity contribution in [3.8, 4) is 5.75 Å². The van der Waals surface area contributed by atoms with Gasteiger partial charge in [-0.2, -0.15) is 0 Å². The molecule has 8 aliphatic rings. The van der Waals surface area contributed by atoms with Crippen molar-refractivity contribution in [2.45, 2.75) is 211 Å². The fraction of sp³-hybridized carbons (Fsp3) is 0.677. The second kappa shape index (κ2) is 33.5. The Morgan fingerprint density at radius 1 is 0.610 bits per heavy atom. The lowest BCUT2D eigenvalue weighted by atomic mass is 9.88. The summed E-state index contributed by atoms with van der Waals surface area (Å²) < 4.78 is 41.6. The number of fused-ring (bicyclic) bond motifs is 1. The van der Waals surface area contributed by atoms with Gasteiger partial charge in [-0.1, -0.05) is 62.1 Å². The van der Waals surface area contributed by atoms with E-state index in [2.05, 4.69) is 47.9 Å². The van der Waals surface area contributed by atoms with Crippen molar-refractivity contribution in [1.82, 2.24) is 52.8 Å². The van der Waals surface area contributed by atoms with Crippen molar-refractivity contribution in [2.24, 2.45) is 5.92 Å². The number of rotatable bonds is 18. The average molecular weight is 1440 g/mol.